The van der Waals surface area contributed by atoms with Crippen LogP contribution in [-0.4, -0.2) is 11.9 Å². The number of nitrogens with zero attached hydrogens (tertiary/aromatic N) is 2. The summed E-state index contributed by atoms with van der Waals surface area (Å²) in [6, 6.07) is 9.65. The molecule has 2 rings (SSSR count). The van der Waals surface area contributed by atoms with E-state index in [1.807, 2.05) is 31.2 Å². The standard InChI is InChI=1S/C12H11N3/c1-9-2-7-12(14-9)15-11-5-3-10(8-13)4-6-11/h2-7,9H,1H3,(H,14,15). The van der Waals surface area contributed by atoms with Gasteiger partial charge in [-0.2, -0.15) is 5.26 Å². The second kappa shape index (κ2) is 3.97. The van der Waals surface area contributed by atoms with Crippen molar-refractivity contribution in [1.29, 1.82) is 5.26 Å². The molecule has 74 valence electrons. The summed E-state index contributed by atoms with van der Waals surface area (Å²) in [7, 11) is 0. The summed E-state index contributed by atoms with van der Waals surface area (Å²) in [5, 5.41) is 11.8. The maximum absolute atomic E-state index is 8.64. The molecular weight excluding hydrogens is 186 g/mol. The van der Waals surface area contributed by atoms with Crippen LogP contribution in [0, 0.1) is 11.3 Å². The van der Waals surface area contributed by atoms with Gasteiger partial charge in [0.2, 0.25) is 0 Å². The van der Waals surface area contributed by atoms with Gasteiger partial charge in [0.15, 0.2) is 0 Å². The van der Waals surface area contributed by atoms with Crippen LogP contribution in [0.25, 0.3) is 0 Å². The highest BCUT2D eigenvalue weighted by atomic mass is 15.0. The Morgan fingerprint density at radius 1 is 1.33 bits per heavy atom. The van der Waals surface area contributed by atoms with Crippen LogP contribution in [0.4, 0.5) is 5.69 Å². The highest BCUT2D eigenvalue weighted by molar-refractivity contribution is 6.05. The van der Waals surface area contributed by atoms with Gasteiger partial charge in [0.1, 0.15) is 5.84 Å². The van der Waals surface area contributed by atoms with Crippen LogP contribution >= 0.6 is 0 Å². The lowest BCUT2D eigenvalue weighted by Gasteiger charge is -2.03. The summed E-state index contributed by atoms with van der Waals surface area (Å²) < 4.78 is 0. The number of amidine groups is 1. The largest absolute Gasteiger partial charge is 0.341 e. The average Bonchev–Trinajstić information content (AvgIpc) is 2.65. The Morgan fingerprint density at radius 3 is 2.60 bits per heavy atom. The number of nitriles is 1. The molecule has 1 unspecified atom stereocenters. The molecule has 1 aromatic rings. The first-order valence-electron chi connectivity index (χ1n) is 4.81. The molecule has 1 atom stereocenters. The van der Waals surface area contributed by atoms with Crippen LogP contribution in [0.15, 0.2) is 41.4 Å². The van der Waals surface area contributed by atoms with Crippen molar-refractivity contribution in [1.82, 2.24) is 0 Å². The number of benzene rings is 1. The predicted octanol–water partition coefficient (Wildman–Crippen LogP) is 2.33. The highest BCUT2D eigenvalue weighted by Gasteiger charge is 2.05. The fourth-order valence-corrected chi connectivity index (χ4v) is 1.39. The molecule has 3 nitrogen and oxygen atoms in total. The minimum Gasteiger partial charge on any atom is -0.341 e. The zero-order valence-electron chi connectivity index (χ0n) is 8.44. The van der Waals surface area contributed by atoms with Gasteiger partial charge < -0.3 is 5.32 Å². The van der Waals surface area contributed by atoms with E-state index in [0.29, 0.717) is 5.56 Å². The Morgan fingerprint density at radius 2 is 2.07 bits per heavy atom. The van der Waals surface area contributed by atoms with E-state index < -0.39 is 0 Å². The molecule has 1 aliphatic rings. The van der Waals surface area contributed by atoms with Gasteiger partial charge in [0, 0.05) is 5.69 Å². The van der Waals surface area contributed by atoms with Crippen molar-refractivity contribution in [2.75, 3.05) is 5.32 Å². The molecule has 0 radical (unpaired) electrons. The molecule has 15 heavy (non-hydrogen) atoms. The van der Waals surface area contributed by atoms with Gasteiger partial charge in [0.05, 0.1) is 17.7 Å². The molecule has 1 aromatic carbocycles. The van der Waals surface area contributed by atoms with Crippen molar-refractivity contribution in [2.45, 2.75) is 13.0 Å². The van der Waals surface area contributed by atoms with Crippen molar-refractivity contribution >= 4 is 11.5 Å². The number of anilines is 1. The number of nitrogens with one attached hydrogen (secondary N) is 1. The summed E-state index contributed by atoms with van der Waals surface area (Å²) in [6.07, 6.45) is 3.99. The number of hydrogen-bond donors (Lipinski definition) is 1. The zero-order valence-corrected chi connectivity index (χ0v) is 8.44. The lowest BCUT2D eigenvalue weighted by Crippen LogP contribution is -2.07. The lowest BCUT2D eigenvalue weighted by molar-refractivity contribution is 0.946. The van der Waals surface area contributed by atoms with Gasteiger partial charge in [-0.15, -0.1) is 0 Å². The van der Waals surface area contributed by atoms with Gasteiger partial charge in [0.25, 0.3) is 0 Å². The molecule has 0 fully saturated rings. The number of rotatable bonds is 1. The van der Waals surface area contributed by atoms with Crippen LogP contribution in [-0.2, 0) is 0 Å². The van der Waals surface area contributed by atoms with E-state index in [1.54, 1.807) is 12.1 Å². The van der Waals surface area contributed by atoms with E-state index in [-0.39, 0.29) is 6.04 Å². The third kappa shape index (κ3) is 2.23. The van der Waals surface area contributed by atoms with E-state index in [4.69, 9.17) is 5.26 Å². The normalized spacial score (nSPS) is 18.4. The van der Waals surface area contributed by atoms with Crippen molar-refractivity contribution in [3.63, 3.8) is 0 Å². The highest BCUT2D eigenvalue weighted by Crippen LogP contribution is 2.11. The predicted molar refractivity (Wildman–Crippen MR) is 60.8 cm³/mol. The number of hydrogen-bond acceptors (Lipinski definition) is 3. The first kappa shape index (κ1) is 9.47. The van der Waals surface area contributed by atoms with Crippen molar-refractivity contribution < 1.29 is 0 Å². The molecular formula is C12H11N3. The van der Waals surface area contributed by atoms with Gasteiger partial charge >= 0.3 is 0 Å². The van der Waals surface area contributed by atoms with Crippen LogP contribution in [0.5, 0.6) is 0 Å². The monoisotopic (exact) mass is 197 g/mol. The van der Waals surface area contributed by atoms with Gasteiger partial charge in [-0.1, -0.05) is 6.08 Å². The minimum atomic E-state index is 0.255. The topological polar surface area (TPSA) is 48.2 Å². The van der Waals surface area contributed by atoms with E-state index >= 15 is 0 Å². The second-order valence-corrected chi connectivity index (χ2v) is 3.43. The molecule has 0 bridgehead atoms. The van der Waals surface area contributed by atoms with E-state index in [9.17, 15) is 0 Å². The summed E-state index contributed by atoms with van der Waals surface area (Å²) in [4.78, 5) is 4.36. The van der Waals surface area contributed by atoms with Gasteiger partial charge in [-0.05, 0) is 37.3 Å². The van der Waals surface area contributed by atoms with Crippen molar-refractivity contribution in [2.24, 2.45) is 4.99 Å². The van der Waals surface area contributed by atoms with Crippen molar-refractivity contribution in [3.8, 4) is 6.07 Å². The van der Waals surface area contributed by atoms with Crippen LogP contribution in [0.2, 0.25) is 0 Å². The first-order chi connectivity index (χ1) is 7.28. The first-order valence-corrected chi connectivity index (χ1v) is 4.81. The van der Waals surface area contributed by atoms with Gasteiger partial charge in [-0.3, -0.25) is 4.99 Å². The molecule has 1 aliphatic heterocycles. The molecule has 0 aromatic heterocycles. The molecule has 0 aliphatic carbocycles. The molecule has 0 saturated heterocycles. The molecule has 3 heteroatoms. The fourth-order valence-electron chi connectivity index (χ4n) is 1.39. The molecule has 1 N–H and O–H groups in total. The molecule has 0 spiro atoms. The van der Waals surface area contributed by atoms with E-state index in [1.165, 1.54) is 0 Å². The third-order valence-corrected chi connectivity index (χ3v) is 2.16. The van der Waals surface area contributed by atoms with Crippen LogP contribution in [0.1, 0.15) is 12.5 Å². The third-order valence-electron chi connectivity index (χ3n) is 2.16. The van der Waals surface area contributed by atoms with Crippen LogP contribution < -0.4 is 5.32 Å². The van der Waals surface area contributed by atoms with Crippen molar-refractivity contribution in [3.05, 3.63) is 42.0 Å². The smallest absolute Gasteiger partial charge is 0.125 e. The summed E-state index contributed by atoms with van der Waals surface area (Å²) >= 11 is 0. The van der Waals surface area contributed by atoms with E-state index in [2.05, 4.69) is 16.4 Å². The lowest BCUT2D eigenvalue weighted by atomic mass is 10.2. The SMILES string of the molecule is CC1C=CC(Nc2ccc(C#N)cc2)=N1. The Bertz CT molecular complexity index is 449. The summed E-state index contributed by atoms with van der Waals surface area (Å²) in [5.74, 6) is 0.868. The Balaban J connectivity index is 2.09. The maximum atomic E-state index is 8.64. The molecule has 0 saturated carbocycles. The number of aliphatic imine (C=N–C) groups is 1. The Hall–Kier alpha value is -2.08. The summed E-state index contributed by atoms with van der Waals surface area (Å²) in [6.45, 7) is 2.03. The summed E-state index contributed by atoms with van der Waals surface area (Å²) in [5.41, 5.74) is 1.62. The van der Waals surface area contributed by atoms with Gasteiger partial charge in [-0.25, -0.2) is 0 Å². The minimum absolute atomic E-state index is 0.255. The average molecular weight is 197 g/mol. The zero-order chi connectivity index (χ0) is 10.7. The quantitative estimate of drug-likeness (QED) is 0.751. The fraction of sp³-hybridized carbons (Fsp3) is 0.167. The van der Waals surface area contributed by atoms with E-state index in [0.717, 1.165) is 11.5 Å². The maximum Gasteiger partial charge on any atom is 0.125 e. The second-order valence-electron chi connectivity index (χ2n) is 3.43. The molecule has 0 amide bonds. The Labute approximate surface area is 88.8 Å². The molecule has 1 heterocycles. The Kier molecular flexibility index (Phi) is 2.51. The van der Waals surface area contributed by atoms with Crippen LogP contribution in [0.3, 0.4) is 0 Å².